The number of non-ortho nitro benzene ring substituents is 1. The van der Waals surface area contributed by atoms with Gasteiger partial charge >= 0.3 is 5.69 Å². The Hall–Kier alpha value is -3.23. The summed E-state index contributed by atoms with van der Waals surface area (Å²) in [5, 5.41) is 19.9. The van der Waals surface area contributed by atoms with Crippen molar-refractivity contribution < 1.29 is 10.0 Å². The van der Waals surface area contributed by atoms with E-state index in [0.29, 0.717) is 5.69 Å². The van der Waals surface area contributed by atoms with Gasteiger partial charge in [0.25, 0.3) is 11.2 Å². The quantitative estimate of drug-likeness (QED) is 0.423. The van der Waals surface area contributed by atoms with Crippen molar-refractivity contribution in [1.29, 1.82) is 0 Å². The molecule has 2 rings (SSSR count). The number of aliphatic imine (C=N–C) groups is 1. The van der Waals surface area contributed by atoms with Crippen LogP contribution in [0.25, 0.3) is 0 Å². The van der Waals surface area contributed by atoms with Crippen molar-refractivity contribution in [3.63, 3.8) is 0 Å². The first-order chi connectivity index (χ1) is 9.47. The minimum Gasteiger partial charge on any atom is -0.494 e. The largest absolute Gasteiger partial charge is 0.494 e. The van der Waals surface area contributed by atoms with E-state index in [1.54, 1.807) is 0 Å². The molecular weight excluding hydrogens is 268 g/mol. The number of benzene rings is 1. The zero-order valence-corrected chi connectivity index (χ0v) is 9.86. The van der Waals surface area contributed by atoms with Crippen LogP contribution in [0.3, 0.4) is 0 Å². The van der Waals surface area contributed by atoms with Crippen molar-refractivity contribution in [3.05, 3.63) is 60.8 Å². The fourth-order valence-electron chi connectivity index (χ4n) is 1.40. The lowest BCUT2D eigenvalue weighted by molar-refractivity contribution is -0.384. The Morgan fingerprint density at radius 1 is 1.20 bits per heavy atom. The number of nitro groups is 1. The van der Waals surface area contributed by atoms with Crippen LogP contribution in [0, 0.1) is 10.1 Å². The number of nitrogens with zero attached hydrogens (tertiary/aromatic N) is 2. The van der Waals surface area contributed by atoms with Gasteiger partial charge in [-0.25, -0.2) is 4.79 Å². The zero-order chi connectivity index (χ0) is 14.7. The molecule has 0 fully saturated rings. The molecule has 9 nitrogen and oxygen atoms in total. The SMILES string of the molecule is O=c1[nH]c(O)c(C=Nc2ccc([N+](=O)[O-])cc2)c(=O)[nH]1. The molecule has 0 saturated carbocycles. The molecule has 0 spiro atoms. The standard InChI is InChI=1S/C11H8N4O5/c16-9-8(10(17)14-11(18)13-9)5-12-6-1-3-7(4-2-6)15(19)20/h1-5H,(H3,13,14,16,17,18). The molecule has 0 aliphatic carbocycles. The molecule has 102 valence electrons. The second-order valence-corrected chi connectivity index (χ2v) is 3.70. The van der Waals surface area contributed by atoms with Gasteiger partial charge in [-0.1, -0.05) is 0 Å². The number of H-pyrrole nitrogens is 2. The molecule has 0 radical (unpaired) electrons. The fraction of sp³-hybridized carbons (Fsp3) is 0. The Bertz CT molecular complexity index is 788. The van der Waals surface area contributed by atoms with Crippen LogP contribution in [-0.4, -0.2) is 26.2 Å². The van der Waals surface area contributed by atoms with Crippen LogP contribution in [0.15, 0.2) is 38.8 Å². The van der Waals surface area contributed by atoms with Crippen molar-refractivity contribution in [2.75, 3.05) is 0 Å². The van der Waals surface area contributed by atoms with Crippen LogP contribution in [0.2, 0.25) is 0 Å². The maximum atomic E-state index is 11.4. The lowest BCUT2D eigenvalue weighted by Gasteiger charge is -1.96. The van der Waals surface area contributed by atoms with Crippen molar-refractivity contribution in [1.82, 2.24) is 9.97 Å². The van der Waals surface area contributed by atoms with Crippen LogP contribution in [0.1, 0.15) is 5.56 Å². The number of hydrogen-bond acceptors (Lipinski definition) is 6. The van der Waals surface area contributed by atoms with E-state index in [9.17, 15) is 24.8 Å². The van der Waals surface area contributed by atoms with E-state index in [4.69, 9.17) is 0 Å². The molecule has 1 aromatic carbocycles. The van der Waals surface area contributed by atoms with Gasteiger partial charge in [0, 0.05) is 18.3 Å². The predicted octanol–water partition coefficient (Wildman–Crippen LogP) is 0.428. The lowest BCUT2D eigenvalue weighted by Crippen LogP contribution is -2.24. The Kier molecular flexibility index (Phi) is 3.42. The van der Waals surface area contributed by atoms with E-state index in [1.807, 2.05) is 9.97 Å². The van der Waals surface area contributed by atoms with Crippen molar-refractivity contribution in [2.24, 2.45) is 4.99 Å². The Morgan fingerprint density at radius 2 is 1.85 bits per heavy atom. The molecule has 20 heavy (non-hydrogen) atoms. The summed E-state index contributed by atoms with van der Waals surface area (Å²) in [6, 6.07) is 5.27. The molecular formula is C11H8N4O5. The number of rotatable bonds is 3. The minimum atomic E-state index is -0.833. The normalized spacial score (nSPS) is 10.8. The van der Waals surface area contributed by atoms with Crippen LogP contribution in [-0.2, 0) is 0 Å². The van der Waals surface area contributed by atoms with Gasteiger partial charge in [-0.05, 0) is 12.1 Å². The average Bonchev–Trinajstić information content (AvgIpc) is 2.38. The maximum Gasteiger partial charge on any atom is 0.328 e. The number of aromatic amines is 2. The molecule has 0 aliphatic rings. The second kappa shape index (κ2) is 5.18. The summed E-state index contributed by atoms with van der Waals surface area (Å²) < 4.78 is 0. The number of aromatic nitrogens is 2. The first-order valence-electron chi connectivity index (χ1n) is 5.31. The van der Waals surface area contributed by atoms with Gasteiger partial charge in [0.1, 0.15) is 5.56 Å². The minimum absolute atomic E-state index is 0.0892. The molecule has 9 heteroatoms. The van der Waals surface area contributed by atoms with Crippen LogP contribution in [0.5, 0.6) is 5.88 Å². The molecule has 3 N–H and O–H groups in total. The molecule has 0 amide bonds. The number of hydrogen-bond donors (Lipinski definition) is 3. The first kappa shape index (κ1) is 13.2. The van der Waals surface area contributed by atoms with Gasteiger partial charge in [0.05, 0.1) is 10.6 Å². The molecule has 2 aromatic rings. The van der Waals surface area contributed by atoms with Gasteiger partial charge in [0.15, 0.2) is 0 Å². The van der Waals surface area contributed by atoms with Crippen LogP contribution >= 0.6 is 0 Å². The van der Waals surface area contributed by atoms with E-state index < -0.39 is 22.1 Å². The molecule has 0 unspecified atom stereocenters. The Morgan fingerprint density at radius 3 is 2.40 bits per heavy atom. The highest BCUT2D eigenvalue weighted by molar-refractivity contribution is 5.83. The Balaban J connectivity index is 2.32. The van der Waals surface area contributed by atoms with Crippen molar-refractivity contribution in [2.45, 2.75) is 0 Å². The van der Waals surface area contributed by atoms with Gasteiger partial charge < -0.3 is 5.11 Å². The molecule has 1 aromatic heterocycles. The molecule has 1 heterocycles. The third-order valence-electron chi connectivity index (χ3n) is 2.36. The fourth-order valence-corrected chi connectivity index (χ4v) is 1.40. The molecule has 0 atom stereocenters. The topological polar surface area (TPSA) is 141 Å². The predicted molar refractivity (Wildman–Crippen MR) is 69.7 cm³/mol. The maximum absolute atomic E-state index is 11.4. The monoisotopic (exact) mass is 276 g/mol. The number of aromatic hydroxyl groups is 1. The van der Waals surface area contributed by atoms with E-state index >= 15 is 0 Å². The van der Waals surface area contributed by atoms with Gasteiger partial charge in [-0.2, -0.15) is 0 Å². The number of nitrogens with one attached hydrogen (secondary N) is 2. The van der Waals surface area contributed by atoms with E-state index in [-0.39, 0.29) is 11.3 Å². The summed E-state index contributed by atoms with van der Waals surface area (Å²) >= 11 is 0. The summed E-state index contributed by atoms with van der Waals surface area (Å²) in [6.45, 7) is 0. The van der Waals surface area contributed by atoms with Crippen molar-refractivity contribution >= 4 is 17.6 Å². The second-order valence-electron chi connectivity index (χ2n) is 3.70. The average molecular weight is 276 g/mol. The smallest absolute Gasteiger partial charge is 0.328 e. The lowest BCUT2D eigenvalue weighted by atomic mass is 10.3. The molecule has 0 saturated heterocycles. The number of nitro benzene ring substituents is 1. The summed E-state index contributed by atoms with van der Waals surface area (Å²) in [4.78, 5) is 40.0. The highest BCUT2D eigenvalue weighted by Gasteiger charge is 2.06. The third-order valence-corrected chi connectivity index (χ3v) is 2.36. The van der Waals surface area contributed by atoms with E-state index in [2.05, 4.69) is 4.99 Å². The van der Waals surface area contributed by atoms with E-state index in [1.165, 1.54) is 24.3 Å². The van der Waals surface area contributed by atoms with Crippen LogP contribution in [0.4, 0.5) is 11.4 Å². The zero-order valence-electron chi connectivity index (χ0n) is 9.86. The van der Waals surface area contributed by atoms with E-state index in [0.717, 1.165) is 6.21 Å². The van der Waals surface area contributed by atoms with Crippen molar-refractivity contribution in [3.8, 4) is 5.88 Å². The highest BCUT2D eigenvalue weighted by atomic mass is 16.6. The summed E-state index contributed by atoms with van der Waals surface area (Å²) in [5.74, 6) is -0.607. The summed E-state index contributed by atoms with van der Waals surface area (Å²) in [6.07, 6.45) is 1.05. The Labute approximate surface area is 110 Å². The first-order valence-corrected chi connectivity index (χ1v) is 5.31. The summed E-state index contributed by atoms with van der Waals surface area (Å²) in [7, 11) is 0. The van der Waals surface area contributed by atoms with Crippen LogP contribution < -0.4 is 11.2 Å². The van der Waals surface area contributed by atoms with Gasteiger partial charge in [0.2, 0.25) is 5.88 Å². The van der Waals surface area contributed by atoms with Gasteiger partial charge in [-0.3, -0.25) is 29.9 Å². The van der Waals surface area contributed by atoms with Gasteiger partial charge in [-0.15, -0.1) is 0 Å². The molecule has 0 aliphatic heterocycles. The highest BCUT2D eigenvalue weighted by Crippen LogP contribution is 2.17. The molecule has 0 bridgehead atoms. The summed E-state index contributed by atoms with van der Waals surface area (Å²) in [5.41, 5.74) is -1.59. The third kappa shape index (κ3) is 2.77.